The summed E-state index contributed by atoms with van der Waals surface area (Å²) in [6.45, 7) is 2.78. The summed E-state index contributed by atoms with van der Waals surface area (Å²) in [5, 5.41) is 13.9. The van der Waals surface area contributed by atoms with Crippen LogP contribution in [-0.4, -0.2) is 16.5 Å². The van der Waals surface area contributed by atoms with Gasteiger partial charge in [-0.15, -0.1) is 0 Å². The first kappa shape index (κ1) is 12.7. The lowest BCUT2D eigenvalue weighted by molar-refractivity contribution is -0.384. The summed E-state index contributed by atoms with van der Waals surface area (Å²) in [6.07, 6.45) is 4.57. The van der Waals surface area contributed by atoms with E-state index >= 15 is 0 Å². The van der Waals surface area contributed by atoms with Crippen molar-refractivity contribution in [3.63, 3.8) is 0 Å². The van der Waals surface area contributed by atoms with Crippen molar-refractivity contribution >= 4 is 23.1 Å². The number of nitro groups is 1. The highest BCUT2D eigenvalue weighted by Gasteiger charge is 2.15. The number of pyridine rings is 1. The highest BCUT2D eigenvalue weighted by atomic mass is 35.5. The van der Waals surface area contributed by atoms with Crippen molar-refractivity contribution in [2.75, 3.05) is 11.9 Å². The topological polar surface area (TPSA) is 68.1 Å². The number of nitrogens with one attached hydrogen (secondary N) is 1. The van der Waals surface area contributed by atoms with Crippen molar-refractivity contribution in [1.82, 2.24) is 4.98 Å². The Bertz CT molecular complexity index is 371. The van der Waals surface area contributed by atoms with Crippen molar-refractivity contribution in [2.24, 2.45) is 0 Å². The van der Waals surface area contributed by atoms with Crippen molar-refractivity contribution in [3.05, 3.63) is 27.4 Å². The Morgan fingerprint density at radius 2 is 2.31 bits per heavy atom. The standard InChI is InChI=1S/C10H14ClN3O2/c1-2-3-4-5-12-10-9(14(15)16)6-8(11)7-13-10/h6-7H,2-5H2,1H3,(H,12,13). The molecule has 0 aliphatic rings. The Morgan fingerprint density at radius 1 is 1.56 bits per heavy atom. The second-order valence-corrected chi connectivity index (χ2v) is 3.85. The van der Waals surface area contributed by atoms with Crippen LogP contribution in [0.3, 0.4) is 0 Å². The third kappa shape index (κ3) is 3.66. The first-order valence-corrected chi connectivity index (χ1v) is 5.56. The molecule has 0 unspecified atom stereocenters. The molecule has 6 heteroatoms. The van der Waals surface area contributed by atoms with Gasteiger partial charge in [0, 0.05) is 18.8 Å². The number of rotatable bonds is 6. The zero-order valence-electron chi connectivity index (χ0n) is 9.07. The highest BCUT2D eigenvalue weighted by Crippen LogP contribution is 2.24. The lowest BCUT2D eigenvalue weighted by atomic mass is 10.2. The van der Waals surface area contributed by atoms with Crippen LogP contribution < -0.4 is 5.32 Å². The minimum atomic E-state index is -0.485. The van der Waals surface area contributed by atoms with Crippen LogP contribution in [0.2, 0.25) is 5.02 Å². The molecule has 16 heavy (non-hydrogen) atoms. The number of hydrogen-bond donors (Lipinski definition) is 1. The summed E-state index contributed by atoms with van der Waals surface area (Å²) >= 11 is 5.65. The van der Waals surface area contributed by atoms with E-state index in [1.807, 2.05) is 0 Å². The molecule has 1 N–H and O–H groups in total. The van der Waals surface area contributed by atoms with Gasteiger partial charge in [-0.3, -0.25) is 10.1 Å². The largest absolute Gasteiger partial charge is 0.364 e. The monoisotopic (exact) mass is 243 g/mol. The van der Waals surface area contributed by atoms with Gasteiger partial charge < -0.3 is 5.32 Å². The predicted octanol–water partition coefficient (Wildman–Crippen LogP) is 3.25. The molecule has 0 aliphatic carbocycles. The Balaban J connectivity index is 2.67. The molecule has 0 atom stereocenters. The van der Waals surface area contributed by atoms with Gasteiger partial charge in [0.15, 0.2) is 0 Å². The maximum absolute atomic E-state index is 10.7. The van der Waals surface area contributed by atoms with Crippen LogP contribution in [0.25, 0.3) is 0 Å². The van der Waals surface area contributed by atoms with Crippen molar-refractivity contribution in [3.8, 4) is 0 Å². The first-order chi connectivity index (χ1) is 7.65. The van der Waals surface area contributed by atoms with Crippen LogP contribution in [0.4, 0.5) is 11.5 Å². The third-order valence-corrected chi connectivity index (χ3v) is 2.31. The van der Waals surface area contributed by atoms with Crippen molar-refractivity contribution < 1.29 is 4.92 Å². The fourth-order valence-corrected chi connectivity index (χ4v) is 1.44. The smallest absolute Gasteiger partial charge is 0.312 e. The maximum Gasteiger partial charge on any atom is 0.312 e. The molecule has 1 aromatic heterocycles. The Kier molecular flexibility index (Phi) is 4.98. The average Bonchev–Trinajstić information content (AvgIpc) is 2.26. The summed E-state index contributed by atoms with van der Waals surface area (Å²) in [5.74, 6) is 0.283. The van der Waals surface area contributed by atoms with Gasteiger partial charge in [-0.05, 0) is 6.42 Å². The van der Waals surface area contributed by atoms with E-state index in [-0.39, 0.29) is 16.5 Å². The molecule has 88 valence electrons. The zero-order chi connectivity index (χ0) is 12.0. The van der Waals surface area contributed by atoms with E-state index in [0.717, 1.165) is 19.3 Å². The van der Waals surface area contributed by atoms with E-state index in [9.17, 15) is 10.1 Å². The molecule has 0 aliphatic heterocycles. The maximum atomic E-state index is 10.7. The van der Waals surface area contributed by atoms with Gasteiger partial charge in [-0.2, -0.15) is 0 Å². The van der Waals surface area contributed by atoms with Crippen LogP contribution in [0.15, 0.2) is 12.3 Å². The molecule has 0 fully saturated rings. The van der Waals surface area contributed by atoms with E-state index in [1.165, 1.54) is 12.3 Å². The Hall–Kier alpha value is -1.36. The summed E-state index contributed by atoms with van der Waals surface area (Å²) in [6, 6.07) is 1.30. The summed E-state index contributed by atoms with van der Waals surface area (Å²) in [5.41, 5.74) is -0.0796. The van der Waals surface area contributed by atoms with E-state index in [4.69, 9.17) is 11.6 Å². The van der Waals surface area contributed by atoms with E-state index in [1.54, 1.807) is 0 Å². The average molecular weight is 244 g/mol. The minimum absolute atomic E-state index is 0.0796. The molecule has 0 amide bonds. The highest BCUT2D eigenvalue weighted by molar-refractivity contribution is 6.30. The minimum Gasteiger partial charge on any atom is -0.364 e. The normalized spacial score (nSPS) is 10.1. The van der Waals surface area contributed by atoms with Crippen LogP contribution in [-0.2, 0) is 0 Å². The number of nitrogens with zero attached hydrogens (tertiary/aromatic N) is 2. The molecular weight excluding hydrogens is 230 g/mol. The number of hydrogen-bond acceptors (Lipinski definition) is 4. The van der Waals surface area contributed by atoms with Crippen molar-refractivity contribution in [1.29, 1.82) is 0 Å². The SMILES string of the molecule is CCCCCNc1ncc(Cl)cc1[N+](=O)[O-]. The van der Waals surface area contributed by atoms with E-state index < -0.39 is 4.92 Å². The van der Waals surface area contributed by atoms with E-state index in [2.05, 4.69) is 17.2 Å². The second kappa shape index (κ2) is 6.27. The molecule has 5 nitrogen and oxygen atoms in total. The summed E-state index contributed by atoms with van der Waals surface area (Å²) < 4.78 is 0. The van der Waals surface area contributed by atoms with Gasteiger partial charge in [0.05, 0.1) is 9.95 Å². The van der Waals surface area contributed by atoms with Gasteiger partial charge in [-0.25, -0.2) is 4.98 Å². The molecule has 0 spiro atoms. The number of aromatic nitrogens is 1. The van der Waals surface area contributed by atoms with Crippen LogP contribution in [0, 0.1) is 10.1 Å². The Labute approximate surface area is 99.0 Å². The molecule has 0 saturated heterocycles. The van der Waals surface area contributed by atoms with Crippen LogP contribution in [0.5, 0.6) is 0 Å². The van der Waals surface area contributed by atoms with Gasteiger partial charge in [0.1, 0.15) is 0 Å². The van der Waals surface area contributed by atoms with Gasteiger partial charge in [0.2, 0.25) is 5.82 Å². The van der Waals surface area contributed by atoms with E-state index in [0.29, 0.717) is 6.54 Å². The fourth-order valence-electron chi connectivity index (χ4n) is 1.29. The molecule has 0 saturated carbocycles. The predicted molar refractivity (Wildman–Crippen MR) is 63.9 cm³/mol. The molecule has 1 heterocycles. The number of halogens is 1. The third-order valence-electron chi connectivity index (χ3n) is 2.10. The molecule has 0 bridgehead atoms. The quantitative estimate of drug-likeness (QED) is 0.473. The summed E-state index contributed by atoms with van der Waals surface area (Å²) in [4.78, 5) is 14.2. The lowest BCUT2D eigenvalue weighted by Crippen LogP contribution is -2.06. The molecule has 0 aromatic carbocycles. The zero-order valence-corrected chi connectivity index (χ0v) is 9.83. The number of unbranched alkanes of at least 4 members (excludes halogenated alkanes) is 2. The van der Waals surface area contributed by atoms with Gasteiger partial charge >= 0.3 is 5.69 Å². The fraction of sp³-hybridized carbons (Fsp3) is 0.500. The second-order valence-electron chi connectivity index (χ2n) is 3.41. The lowest BCUT2D eigenvalue weighted by Gasteiger charge is -2.05. The van der Waals surface area contributed by atoms with Crippen LogP contribution >= 0.6 is 11.6 Å². The Morgan fingerprint density at radius 3 is 2.94 bits per heavy atom. The number of anilines is 1. The van der Waals surface area contributed by atoms with Gasteiger partial charge in [-0.1, -0.05) is 31.4 Å². The molecular formula is C10H14ClN3O2. The van der Waals surface area contributed by atoms with Gasteiger partial charge in [0.25, 0.3) is 0 Å². The summed E-state index contributed by atoms with van der Waals surface area (Å²) in [7, 11) is 0. The first-order valence-electron chi connectivity index (χ1n) is 5.19. The van der Waals surface area contributed by atoms with Crippen LogP contribution in [0.1, 0.15) is 26.2 Å². The molecule has 1 aromatic rings. The molecule has 0 radical (unpaired) electrons. The molecule has 1 rings (SSSR count). The van der Waals surface area contributed by atoms with Crippen molar-refractivity contribution in [2.45, 2.75) is 26.2 Å².